The highest BCUT2D eigenvalue weighted by molar-refractivity contribution is 7.90. The van der Waals surface area contributed by atoms with Crippen molar-refractivity contribution < 1.29 is 18.4 Å². The Balaban J connectivity index is 1.67. The summed E-state index contributed by atoms with van der Waals surface area (Å²) in [4.78, 5) is 14.3. The summed E-state index contributed by atoms with van der Waals surface area (Å²) < 4.78 is 23.9. The van der Waals surface area contributed by atoms with Gasteiger partial charge in [0.05, 0.1) is 11.0 Å². The lowest BCUT2D eigenvalue weighted by Crippen LogP contribution is -2.47. The highest BCUT2D eigenvalue weighted by atomic mass is 32.2. The number of β-amino-alcohol motifs (C(OH)–C–C–N with tert-alkyl or cyclic N) is 1. The molecular formula is C19H23N3O5S. The predicted molar refractivity (Wildman–Crippen MR) is 106 cm³/mol. The molecule has 1 N–H and O–H groups in total. The van der Waals surface area contributed by atoms with Gasteiger partial charge in [0, 0.05) is 50.7 Å². The molecule has 1 aliphatic heterocycles. The fourth-order valence-corrected chi connectivity index (χ4v) is 4.22. The Kier molecular flexibility index (Phi) is 5.97. The fourth-order valence-electron chi connectivity index (χ4n) is 3.36. The molecule has 0 bridgehead atoms. The van der Waals surface area contributed by atoms with Crippen molar-refractivity contribution in [2.24, 2.45) is 0 Å². The molecule has 0 radical (unpaired) electrons. The molecule has 0 spiro atoms. The quantitative estimate of drug-likeness (QED) is 0.578. The van der Waals surface area contributed by atoms with E-state index in [2.05, 4.69) is 4.90 Å². The summed E-state index contributed by atoms with van der Waals surface area (Å²) in [5.74, 6) is 0. The maximum atomic E-state index is 11.9. The van der Waals surface area contributed by atoms with Gasteiger partial charge < -0.3 is 10.0 Å². The molecule has 9 heteroatoms. The van der Waals surface area contributed by atoms with E-state index in [-0.39, 0.29) is 4.90 Å². The Hall–Kier alpha value is -2.49. The van der Waals surface area contributed by atoms with Crippen LogP contribution in [0.25, 0.3) is 0 Å². The van der Waals surface area contributed by atoms with Crippen LogP contribution < -0.4 is 4.90 Å². The lowest BCUT2D eigenvalue weighted by molar-refractivity contribution is -0.387. The number of rotatable bonds is 6. The molecule has 150 valence electrons. The van der Waals surface area contributed by atoms with Crippen LogP contribution in [0.3, 0.4) is 0 Å². The topological polar surface area (TPSA) is 104 Å². The highest BCUT2D eigenvalue weighted by Crippen LogP contribution is 2.29. The van der Waals surface area contributed by atoms with Crippen molar-refractivity contribution in [1.82, 2.24) is 4.90 Å². The van der Waals surface area contributed by atoms with E-state index in [1.54, 1.807) is 6.07 Å². The minimum Gasteiger partial charge on any atom is -0.387 e. The first-order chi connectivity index (χ1) is 13.3. The summed E-state index contributed by atoms with van der Waals surface area (Å²) in [6, 6.07) is 13.7. The van der Waals surface area contributed by atoms with E-state index < -0.39 is 26.6 Å². The molecule has 1 fully saturated rings. The predicted octanol–water partition coefficient (Wildman–Crippen LogP) is 1.85. The normalized spacial score (nSPS) is 16.7. The summed E-state index contributed by atoms with van der Waals surface area (Å²) >= 11 is 0. The van der Waals surface area contributed by atoms with Gasteiger partial charge in [-0.1, -0.05) is 30.3 Å². The van der Waals surface area contributed by atoms with Crippen LogP contribution >= 0.6 is 0 Å². The largest absolute Gasteiger partial charge is 0.387 e. The fraction of sp³-hybridized carbons (Fsp3) is 0.368. The lowest BCUT2D eigenvalue weighted by atomic mass is 10.1. The Morgan fingerprint density at radius 2 is 1.75 bits per heavy atom. The number of hydrogen-bond donors (Lipinski definition) is 1. The second kappa shape index (κ2) is 8.26. The number of nitro benzene ring substituents is 1. The first-order valence-corrected chi connectivity index (χ1v) is 10.8. The zero-order valence-electron chi connectivity index (χ0n) is 15.6. The number of sulfone groups is 1. The molecule has 1 unspecified atom stereocenters. The van der Waals surface area contributed by atoms with Crippen LogP contribution in [0.1, 0.15) is 11.7 Å². The zero-order chi connectivity index (χ0) is 20.3. The Bertz CT molecular complexity index is 941. The number of aliphatic hydroxyl groups excluding tert-OH is 1. The van der Waals surface area contributed by atoms with Crippen LogP contribution in [-0.4, -0.2) is 62.3 Å². The number of nitrogens with zero attached hydrogens (tertiary/aromatic N) is 3. The van der Waals surface area contributed by atoms with E-state index in [0.29, 0.717) is 38.4 Å². The molecule has 2 aromatic rings. The first-order valence-electron chi connectivity index (χ1n) is 8.94. The van der Waals surface area contributed by atoms with E-state index in [1.165, 1.54) is 12.1 Å². The molecule has 1 heterocycles. The molecule has 1 atom stereocenters. The average Bonchev–Trinajstić information content (AvgIpc) is 2.68. The van der Waals surface area contributed by atoms with Gasteiger partial charge in [-0.15, -0.1) is 0 Å². The summed E-state index contributed by atoms with van der Waals surface area (Å²) in [6.45, 7) is 3.21. The van der Waals surface area contributed by atoms with Crippen molar-refractivity contribution in [3.63, 3.8) is 0 Å². The van der Waals surface area contributed by atoms with Gasteiger partial charge >= 0.3 is 0 Å². The molecule has 0 saturated carbocycles. The number of anilines is 1. The van der Waals surface area contributed by atoms with Crippen LogP contribution in [0, 0.1) is 10.1 Å². The van der Waals surface area contributed by atoms with E-state index in [4.69, 9.17) is 0 Å². The summed E-state index contributed by atoms with van der Waals surface area (Å²) in [7, 11) is -3.71. The molecular weight excluding hydrogens is 382 g/mol. The van der Waals surface area contributed by atoms with Gasteiger partial charge in [0.1, 0.15) is 4.90 Å². The first kappa shape index (κ1) is 20.2. The maximum absolute atomic E-state index is 11.9. The summed E-state index contributed by atoms with van der Waals surface area (Å²) in [5.41, 5.74) is 1.11. The van der Waals surface area contributed by atoms with Gasteiger partial charge in [-0.05, 0) is 17.7 Å². The Labute approximate surface area is 164 Å². The van der Waals surface area contributed by atoms with Crippen LogP contribution in [0.5, 0.6) is 0 Å². The van der Waals surface area contributed by atoms with Crippen LogP contribution in [0.15, 0.2) is 53.4 Å². The van der Waals surface area contributed by atoms with Gasteiger partial charge in [-0.2, -0.15) is 0 Å². The van der Waals surface area contributed by atoms with Crippen molar-refractivity contribution >= 4 is 21.2 Å². The summed E-state index contributed by atoms with van der Waals surface area (Å²) in [5, 5.41) is 21.5. The highest BCUT2D eigenvalue weighted by Gasteiger charge is 2.25. The van der Waals surface area contributed by atoms with Crippen LogP contribution in [0.4, 0.5) is 11.4 Å². The lowest BCUT2D eigenvalue weighted by Gasteiger charge is -2.37. The Morgan fingerprint density at radius 3 is 2.32 bits per heavy atom. The van der Waals surface area contributed by atoms with Crippen molar-refractivity contribution in [3.8, 4) is 0 Å². The number of benzene rings is 2. The molecule has 2 aromatic carbocycles. The van der Waals surface area contributed by atoms with E-state index in [0.717, 1.165) is 11.8 Å². The van der Waals surface area contributed by atoms with Crippen molar-refractivity contribution in [2.75, 3.05) is 43.9 Å². The van der Waals surface area contributed by atoms with Gasteiger partial charge in [0.2, 0.25) is 0 Å². The minimum absolute atomic E-state index is 0.267. The minimum atomic E-state index is -3.71. The maximum Gasteiger partial charge on any atom is 0.288 e. The van der Waals surface area contributed by atoms with Crippen molar-refractivity contribution in [1.29, 1.82) is 0 Å². The van der Waals surface area contributed by atoms with Gasteiger partial charge in [-0.25, -0.2) is 8.42 Å². The number of piperazine rings is 1. The third-order valence-corrected chi connectivity index (χ3v) is 6.02. The second-order valence-electron chi connectivity index (χ2n) is 6.90. The van der Waals surface area contributed by atoms with E-state index in [1.807, 2.05) is 35.2 Å². The number of nitro groups is 1. The van der Waals surface area contributed by atoms with Crippen molar-refractivity contribution in [2.45, 2.75) is 11.0 Å². The standard InChI is InChI=1S/C19H23N3O5S/c1-28(26,27)19-13-16(7-8-17(19)22(24)25)21-11-9-20(10-12-21)14-18(23)15-5-3-2-4-6-15/h2-8,13,18,23H,9-12,14H2,1H3. The zero-order valence-corrected chi connectivity index (χ0v) is 16.4. The Morgan fingerprint density at radius 1 is 1.11 bits per heavy atom. The molecule has 28 heavy (non-hydrogen) atoms. The molecule has 3 rings (SSSR count). The summed E-state index contributed by atoms with van der Waals surface area (Å²) in [6.07, 6.45) is 0.408. The van der Waals surface area contributed by atoms with Gasteiger partial charge in [0.25, 0.3) is 5.69 Å². The molecule has 0 amide bonds. The van der Waals surface area contributed by atoms with Gasteiger partial charge in [0.15, 0.2) is 9.84 Å². The van der Waals surface area contributed by atoms with E-state index in [9.17, 15) is 23.6 Å². The molecule has 1 aliphatic rings. The molecule has 8 nitrogen and oxygen atoms in total. The molecule has 1 saturated heterocycles. The molecule has 0 aromatic heterocycles. The third kappa shape index (κ3) is 4.67. The number of aliphatic hydroxyl groups is 1. The smallest absolute Gasteiger partial charge is 0.288 e. The van der Waals surface area contributed by atoms with Crippen LogP contribution in [-0.2, 0) is 9.84 Å². The molecule has 0 aliphatic carbocycles. The van der Waals surface area contributed by atoms with E-state index >= 15 is 0 Å². The number of hydrogen-bond acceptors (Lipinski definition) is 7. The second-order valence-corrected chi connectivity index (χ2v) is 8.88. The van der Waals surface area contributed by atoms with Gasteiger partial charge in [-0.3, -0.25) is 15.0 Å². The van der Waals surface area contributed by atoms with Crippen LogP contribution in [0.2, 0.25) is 0 Å². The average molecular weight is 405 g/mol. The monoisotopic (exact) mass is 405 g/mol. The third-order valence-electron chi connectivity index (χ3n) is 4.89. The SMILES string of the molecule is CS(=O)(=O)c1cc(N2CCN(CC(O)c3ccccc3)CC2)ccc1[N+](=O)[O-]. The van der Waals surface area contributed by atoms with Crippen molar-refractivity contribution in [3.05, 3.63) is 64.2 Å².